The molecule has 3 aromatic rings. The van der Waals surface area contributed by atoms with Gasteiger partial charge in [0, 0.05) is 17.4 Å². The summed E-state index contributed by atoms with van der Waals surface area (Å²) < 4.78 is 11.5. The number of anilines is 2. The third-order valence-corrected chi connectivity index (χ3v) is 3.30. The summed E-state index contributed by atoms with van der Waals surface area (Å²) in [6, 6.07) is 21.1. The van der Waals surface area contributed by atoms with Gasteiger partial charge < -0.3 is 20.9 Å². The summed E-state index contributed by atoms with van der Waals surface area (Å²) in [5, 5.41) is 9.25. The maximum Gasteiger partial charge on any atom is 0.148 e. The highest BCUT2D eigenvalue weighted by atomic mass is 16.5. The molecule has 0 spiro atoms. The van der Waals surface area contributed by atoms with Gasteiger partial charge in [0.2, 0.25) is 0 Å². The van der Waals surface area contributed by atoms with Gasteiger partial charge in [0.05, 0.1) is 5.56 Å². The highest BCUT2D eigenvalue weighted by molar-refractivity contribution is 5.51. The summed E-state index contributed by atoms with van der Waals surface area (Å²) in [4.78, 5) is 0. The Kier molecular flexibility index (Phi) is 4.21. The number of nitrogens with zero attached hydrogens (tertiary/aromatic N) is 1. The molecule has 0 heterocycles. The van der Waals surface area contributed by atoms with Gasteiger partial charge in [-0.25, -0.2) is 0 Å². The lowest BCUT2D eigenvalue weighted by atomic mass is 10.2. The predicted molar refractivity (Wildman–Crippen MR) is 93.0 cm³/mol. The molecule has 24 heavy (non-hydrogen) atoms. The molecule has 5 heteroatoms. The largest absolute Gasteiger partial charge is 0.457 e. The Morgan fingerprint density at radius 1 is 0.667 bits per heavy atom. The molecular formula is C19H15N3O2. The Bertz CT molecular complexity index is 882. The molecule has 0 atom stereocenters. The molecule has 0 aromatic heterocycles. The summed E-state index contributed by atoms with van der Waals surface area (Å²) in [5.41, 5.74) is 13.0. The Labute approximate surface area is 139 Å². The van der Waals surface area contributed by atoms with Crippen LogP contribution in [0.1, 0.15) is 5.56 Å². The van der Waals surface area contributed by atoms with Crippen LogP contribution >= 0.6 is 0 Å². The normalized spacial score (nSPS) is 9.96. The van der Waals surface area contributed by atoms with Crippen LogP contribution in [0.25, 0.3) is 0 Å². The maximum atomic E-state index is 9.25. The summed E-state index contributed by atoms with van der Waals surface area (Å²) in [6.07, 6.45) is 0. The molecule has 5 nitrogen and oxygen atoms in total. The van der Waals surface area contributed by atoms with Gasteiger partial charge in [-0.1, -0.05) is 0 Å². The molecule has 4 N–H and O–H groups in total. The van der Waals surface area contributed by atoms with Gasteiger partial charge in [-0.2, -0.15) is 5.26 Å². The molecule has 0 radical (unpaired) electrons. The third kappa shape index (κ3) is 3.57. The fourth-order valence-corrected chi connectivity index (χ4v) is 2.08. The zero-order valence-corrected chi connectivity index (χ0v) is 12.8. The van der Waals surface area contributed by atoms with Crippen LogP contribution in [0.3, 0.4) is 0 Å². The monoisotopic (exact) mass is 317 g/mol. The Morgan fingerprint density at radius 2 is 1.17 bits per heavy atom. The first-order valence-corrected chi connectivity index (χ1v) is 7.25. The van der Waals surface area contributed by atoms with E-state index >= 15 is 0 Å². The molecule has 0 saturated carbocycles. The van der Waals surface area contributed by atoms with Crippen LogP contribution in [0.2, 0.25) is 0 Å². The summed E-state index contributed by atoms with van der Waals surface area (Å²) in [7, 11) is 0. The molecule has 0 amide bonds. The molecule has 118 valence electrons. The topological polar surface area (TPSA) is 94.3 Å². The number of ether oxygens (including phenoxy) is 2. The lowest BCUT2D eigenvalue weighted by Crippen LogP contribution is -1.92. The average Bonchev–Trinajstić information content (AvgIpc) is 2.59. The second-order valence-corrected chi connectivity index (χ2v) is 5.11. The van der Waals surface area contributed by atoms with E-state index in [2.05, 4.69) is 6.07 Å². The van der Waals surface area contributed by atoms with E-state index < -0.39 is 0 Å². The van der Waals surface area contributed by atoms with Gasteiger partial charge >= 0.3 is 0 Å². The molecule has 0 unspecified atom stereocenters. The van der Waals surface area contributed by atoms with Crippen molar-refractivity contribution < 1.29 is 9.47 Å². The second-order valence-electron chi connectivity index (χ2n) is 5.11. The lowest BCUT2D eigenvalue weighted by Gasteiger charge is -2.11. The van der Waals surface area contributed by atoms with Gasteiger partial charge in [-0.05, 0) is 60.7 Å². The Hall–Kier alpha value is -3.65. The number of hydrogen-bond donors (Lipinski definition) is 2. The zero-order chi connectivity index (χ0) is 16.9. The Balaban J connectivity index is 1.86. The fraction of sp³-hybridized carbons (Fsp3) is 0. The van der Waals surface area contributed by atoms with Crippen LogP contribution in [0.15, 0.2) is 66.7 Å². The van der Waals surface area contributed by atoms with Crippen LogP contribution in [-0.4, -0.2) is 0 Å². The highest BCUT2D eigenvalue weighted by Gasteiger charge is 2.08. The SMILES string of the molecule is N#Cc1ccc(Oc2ccc(N)cc2)cc1Oc1ccc(N)cc1. The minimum Gasteiger partial charge on any atom is -0.457 e. The molecule has 0 aliphatic heterocycles. The van der Waals surface area contributed by atoms with E-state index in [1.54, 1.807) is 66.7 Å². The van der Waals surface area contributed by atoms with Gasteiger partial charge in [-0.3, -0.25) is 0 Å². The first-order valence-electron chi connectivity index (χ1n) is 7.25. The molecule has 0 fully saturated rings. The van der Waals surface area contributed by atoms with Crippen molar-refractivity contribution in [1.82, 2.24) is 0 Å². The van der Waals surface area contributed by atoms with Crippen molar-refractivity contribution in [1.29, 1.82) is 5.26 Å². The summed E-state index contributed by atoms with van der Waals surface area (Å²) in [5.74, 6) is 2.21. The molecule has 0 aliphatic carbocycles. The number of nitrogen functional groups attached to an aromatic ring is 2. The van der Waals surface area contributed by atoms with Crippen molar-refractivity contribution >= 4 is 11.4 Å². The first kappa shape index (κ1) is 15.3. The first-order chi connectivity index (χ1) is 11.6. The van der Waals surface area contributed by atoms with E-state index in [0.29, 0.717) is 39.9 Å². The summed E-state index contributed by atoms with van der Waals surface area (Å²) >= 11 is 0. The van der Waals surface area contributed by atoms with E-state index in [1.165, 1.54) is 0 Å². The van der Waals surface area contributed by atoms with Crippen molar-refractivity contribution in [2.45, 2.75) is 0 Å². The molecule has 0 aliphatic rings. The average molecular weight is 317 g/mol. The lowest BCUT2D eigenvalue weighted by molar-refractivity contribution is 0.459. The van der Waals surface area contributed by atoms with Crippen LogP contribution in [0, 0.1) is 11.3 Å². The second kappa shape index (κ2) is 6.63. The predicted octanol–water partition coefficient (Wildman–Crippen LogP) is 4.31. The van der Waals surface area contributed by atoms with Crippen molar-refractivity contribution in [3.05, 3.63) is 72.3 Å². The quantitative estimate of drug-likeness (QED) is 0.699. The third-order valence-electron chi connectivity index (χ3n) is 3.30. The molecule has 3 rings (SSSR count). The van der Waals surface area contributed by atoms with Gasteiger partial charge in [0.25, 0.3) is 0 Å². The van der Waals surface area contributed by atoms with E-state index in [9.17, 15) is 5.26 Å². The number of hydrogen-bond acceptors (Lipinski definition) is 5. The van der Waals surface area contributed by atoms with Gasteiger partial charge in [-0.15, -0.1) is 0 Å². The van der Waals surface area contributed by atoms with Crippen LogP contribution < -0.4 is 20.9 Å². The van der Waals surface area contributed by atoms with Crippen molar-refractivity contribution in [3.63, 3.8) is 0 Å². The smallest absolute Gasteiger partial charge is 0.148 e. The number of benzene rings is 3. The minimum atomic E-state index is 0.412. The standard InChI is InChI=1S/C19H15N3O2/c20-12-13-1-6-18(23-16-7-2-14(21)3-8-16)11-19(13)24-17-9-4-15(22)5-10-17/h1-11H,21-22H2. The zero-order valence-electron chi connectivity index (χ0n) is 12.8. The van der Waals surface area contributed by atoms with E-state index in [0.717, 1.165) is 0 Å². The number of nitrogens with two attached hydrogens (primary N) is 2. The van der Waals surface area contributed by atoms with Crippen LogP contribution in [-0.2, 0) is 0 Å². The summed E-state index contributed by atoms with van der Waals surface area (Å²) in [6.45, 7) is 0. The minimum absolute atomic E-state index is 0.412. The molecular weight excluding hydrogens is 302 g/mol. The van der Waals surface area contributed by atoms with Gasteiger partial charge in [0.15, 0.2) is 0 Å². The van der Waals surface area contributed by atoms with Crippen molar-refractivity contribution in [2.75, 3.05) is 11.5 Å². The fourth-order valence-electron chi connectivity index (χ4n) is 2.08. The van der Waals surface area contributed by atoms with E-state index in [4.69, 9.17) is 20.9 Å². The van der Waals surface area contributed by atoms with E-state index in [-0.39, 0.29) is 0 Å². The molecule has 3 aromatic carbocycles. The maximum absolute atomic E-state index is 9.25. The number of nitriles is 1. The Morgan fingerprint density at radius 3 is 1.71 bits per heavy atom. The van der Waals surface area contributed by atoms with E-state index in [1.807, 2.05) is 0 Å². The molecule has 0 bridgehead atoms. The highest BCUT2D eigenvalue weighted by Crippen LogP contribution is 2.31. The van der Waals surface area contributed by atoms with Crippen LogP contribution in [0.4, 0.5) is 11.4 Å². The molecule has 0 saturated heterocycles. The van der Waals surface area contributed by atoms with Crippen molar-refractivity contribution in [2.24, 2.45) is 0 Å². The number of rotatable bonds is 4. The van der Waals surface area contributed by atoms with Crippen LogP contribution in [0.5, 0.6) is 23.0 Å². The van der Waals surface area contributed by atoms with Crippen molar-refractivity contribution in [3.8, 4) is 29.1 Å². The van der Waals surface area contributed by atoms with Gasteiger partial charge in [0.1, 0.15) is 29.1 Å².